The highest BCUT2D eigenvalue weighted by molar-refractivity contribution is 5.94. The van der Waals surface area contributed by atoms with Crippen molar-refractivity contribution in [2.45, 2.75) is 12.3 Å². The third-order valence-electron chi connectivity index (χ3n) is 4.09. The van der Waals surface area contributed by atoms with Crippen LogP contribution in [0, 0.1) is 5.82 Å². The molecule has 1 aliphatic heterocycles. The summed E-state index contributed by atoms with van der Waals surface area (Å²) in [6, 6.07) is 9.82. The average Bonchev–Trinajstić information content (AvgIpc) is 3.16. The van der Waals surface area contributed by atoms with E-state index in [1.165, 1.54) is 12.1 Å². The molecule has 3 aromatic rings. The molecule has 0 spiro atoms. The molecule has 1 aromatic carbocycles. The van der Waals surface area contributed by atoms with Crippen molar-refractivity contribution in [3.63, 3.8) is 0 Å². The fourth-order valence-electron chi connectivity index (χ4n) is 2.90. The maximum absolute atomic E-state index is 13.0. The number of nitrogens with one attached hydrogen (secondary N) is 1. The SMILES string of the molecule is Cn1ncc2c1NC(=O)C[C@@H]2c1ccc(-c2ccc(F)cc2)o1. The summed E-state index contributed by atoms with van der Waals surface area (Å²) in [6.45, 7) is 0. The summed E-state index contributed by atoms with van der Waals surface area (Å²) in [5, 5.41) is 7.03. The molecule has 23 heavy (non-hydrogen) atoms. The lowest BCUT2D eigenvalue weighted by atomic mass is 9.92. The van der Waals surface area contributed by atoms with Crippen LogP contribution in [0.25, 0.3) is 11.3 Å². The molecule has 1 atom stereocenters. The van der Waals surface area contributed by atoms with Gasteiger partial charge >= 0.3 is 0 Å². The van der Waals surface area contributed by atoms with Gasteiger partial charge in [-0.1, -0.05) is 0 Å². The van der Waals surface area contributed by atoms with Crippen LogP contribution < -0.4 is 5.32 Å². The monoisotopic (exact) mass is 311 g/mol. The summed E-state index contributed by atoms with van der Waals surface area (Å²) < 4.78 is 20.6. The molecule has 0 fully saturated rings. The van der Waals surface area contributed by atoms with Gasteiger partial charge in [0.15, 0.2) is 0 Å². The highest BCUT2D eigenvalue weighted by Gasteiger charge is 2.31. The first-order chi connectivity index (χ1) is 11.1. The summed E-state index contributed by atoms with van der Waals surface area (Å²) in [7, 11) is 1.79. The normalized spacial score (nSPS) is 17.0. The molecule has 5 nitrogen and oxygen atoms in total. The predicted molar refractivity (Wildman–Crippen MR) is 82.4 cm³/mol. The Morgan fingerprint density at radius 3 is 2.83 bits per heavy atom. The lowest BCUT2D eigenvalue weighted by Crippen LogP contribution is -2.24. The van der Waals surface area contributed by atoms with E-state index < -0.39 is 0 Å². The van der Waals surface area contributed by atoms with Gasteiger partial charge in [-0.15, -0.1) is 0 Å². The Balaban J connectivity index is 1.72. The standard InChI is InChI=1S/C17H14FN3O2/c1-21-17-13(9-19-21)12(8-16(22)20-17)15-7-6-14(23-15)10-2-4-11(18)5-3-10/h2-7,9,12H,8H2,1H3,(H,20,22)/t12-/m0/s1. The molecule has 6 heteroatoms. The van der Waals surface area contributed by atoms with Crippen molar-refractivity contribution < 1.29 is 13.6 Å². The number of halogens is 1. The third kappa shape index (κ3) is 2.32. The number of hydrogen-bond donors (Lipinski definition) is 1. The summed E-state index contributed by atoms with van der Waals surface area (Å²) in [5.41, 5.74) is 1.73. The van der Waals surface area contributed by atoms with Gasteiger partial charge in [-0.25, -0.2) is 4.39 Å². The summed E-state index contributed by atoms with van der Waals surface area (Å²) >= 11 is 0. The minimum absolute atomic E-state index is 0.0640. The zero-order valence-electron chi connectivity index (χ0n) is 12.4. The molecule has 0 saturated carbocycles. The van der Waals surface area contributed by atoms with Gasteiger partial charge in [0.2, 0.25) is 5.91 Å². The number of carbonyl (C=O) groups excluding carboxylic acids is 1. The summed E-state index contributed by atoms with van der Waals surface area (Å²) in [6.07, 6.45) is 2.06. The number of benzene rings is 1. The highest BCUT2D eigenvalue weighted by atomic mass is 19.1. The second kappa shape index (κ2) is 5.08. The topological polar surface area (TPSA) is 60.1 Å². The van der Waals surface area contributed by atoms with Crippen LogP contribution in [0.3, 0.4) is 0 Å². The maximum Gasteiger partial charge on any atom is 0.226 e. The van der Waals surface area contributed by atoms with Crippen LogP contribution >= 0.6 is 0 Å². The van der Waals surface area contributed by atoms with E-state index in [9.17, 15) is 9.18 Å². The molecule has 3 heterocycles. The average molecular weight is 311 g/mol. The van der Waals surface area contributed by atoms with Crippen LogP contribution in [-0.4, -0.2) is 15.7 Å². The van der Waals surface area contributed by atoms with Crippen LogP contribution in [0.1, 0.15) is 23.7 Å². The number of aromatic nitrogens is 2. The van der Waals surface area contributed by atoms with Crippen LogP contribution in [0.15, 0.2) is 47.0 Å². The molecule has 0 unspecified atom stereocenters. The maximum atomic E-state index is 13.0. The van der Waals surface area contributed by atoms with Crippen molar-refractivity contribution in [2.24, 2.45) is 7.05 Å². The molecule has 0 radical (unpaired) electrons. The number of furan rings is 1. The highest BCUT2D eigenvalue weighted by Crippen LogP contribution is 2.38. The Bertz CT molecular complexity index is 880. The Kier molecular flexibility index (Phi) is 3.04. The number of aryl methyl sites for hydroxylation is 1. The van der Waals surface area contributed by atoms with Crippen molar-refractivity contribution in [2.75, 3.05) is 5.32 Å². The van der Waals surface area contributed by atoms with E-state index in [1.54, 1.807) is 30.1 Å². The van der Waals surface area contributed by atoms with E-state index in [4.69, 9.17) is 4.42 Å². The lowest BCUT2D eigenvalue weighted by molar-refractivity contribution is -0.116. The first kappa shape index (κ1) is 13.8. The lowest BCUT2D eigenvalue weighted by Gasteiger charge is -2.21. The second-order valence-corrected chi connectivity index (χ2v) is 5.59. The Hall–Kier alpha value is -2.89. The fraction of sp³-hybridized carbons (Fsp3) is 0.176. The van der Waals surface area contributed by atoms with Gasteiger partial charge in [0.25, 0.3) is 0 Å². The Morgan fingerprint density at radius 2 is 2.04 bits per heavy atom. The number of nitrogens with zero attached hydrogens (tertiary/aromatic N) is 2. The first-order valence-corrected chi connectivity index (χ1v) is 7.29. The molecule has 1 aliphatic rings. The minimum Gasteiger partial charge on any atom is -0.460 e. The van der Waals surface area contributed by atoms with E-state index in [0.29, 0.717) is 23.8 Å². The number of rotatable bonds is 2. The molecular weight excluding hydrogens is 297 g/mol. The number of amides is 1. The van der Waals surface area contributed by atoms with E-state index in [1.807, 2.05) is 12.1 Å². The fourth-order valence-corrected chi connectivity index (χ4v) is 2.90. The quantitative estimate of drug-likeness (QED) is 0.790. The van der Waals surface area contributed by atoms with Gasteiger partial charge in [0.05, 0.1) is 12.1 Å². The van der Waals surface area contributed by atoms with Gasteiger partial charge in [-0.2, -0.15) is 5.10 Å². The van der Waals surface area contributed by atoms with E-state index >= 15 is 0 Å². The molecule has 2 aromatic heterocycles. The molecule has 116 valence electrons. The second-order valence-electron chi connectivity index (χ2n) is 5.59. The largest absolute Gasteiger partial charge is 0.460 e. The molecular formula is C17H14FN3O2. The van der Waals surface area contributed by atoms with E-state index in [0.717, 1.165) is 11.1 Å². The zero-order valence-corrected chi connectivity index (χ0v) is 12.4. The van der Waals surface area contributed by atoms with Crippen molar-refractivity contribution >= 4 is 11.7 Å². The van der Waals surface area contributed by atoms with Crippen molar-refractivity contribution in [1.29, 1.82) is 0 Å². The third-order valence-corrected chi connectivity index (χ3v) is 4.09. The van der Waals surface area contributed by atoms with Crippen LogP contribution in [0.5, 0.6) is 0 Å². The van der Waals surface area contributed by atoms with Crippen molar-refractivity contribution in [1.82, 2.24) is 9.78 Å². The van der Waals surface area contributed by atoms with Gasteiger partial charge in [-0.3, -0.25) is 9.48 Å². The number of carbonyl (C=O) groups is 1. The molecule has 1 amide bonds. The van der Waals surface area contributed by atoms with Crippen LogP contribution in [0.4, 0.5) is 10.2 Å². The zero-order chi connectivity index (χ0) is 16.0. The van der Waals surface area contributed by atoms with Crippen LogP contribution in [0.2, 0.25) is 0 Å². The van der Waals surface area contributed by atoms with Gasteiger partial charge < -0.3 is 9.73 Å². The molecule has 0 saturated heterocycles. The summed E-state index contributed by atoms with van der Waals surface area (Å²) in [5.74, 6) is 1.53. The predicted octanol–water partition coefficient (Wildman–Crippen LogP) is 3.29. The van der Waals surface area contributed by atoms with E-state index in [-0.39, 0.29) is 17.6 Å². The van der Waals surface area contributed by atoms with Gasteiger partial charge in [0, 0.05) is 24.6 Å². The molecule has 0 bridgehead atoms. The Morgan fingerprint density at radius 1 is 1.26 bits per heavy atom. The Labute approximate surface area is 131 Å². The van der Waals surface area contributed by atoms with Crippen LogP contribution in [-0.2, 0) is 11.8 Å². The minimum atomic E-state index is -0.288. The molecule has 0 aliphatic carbocycles. The van der Waals surface area contributed by atoms with E-state index in [2.05, 4.69) is 10.4 Å². The number of anilines is 1. The molecule has 1 N–H and O–H groups in total. The first-order valence-electron chi connectivity index (χ1n) is 7.29. The van der Waals surface area contributed by atoms with Crippen molar-refractivity contribution in [3.8, 4) is 11.3 Å². The van der Waals surface area contributed by atoms with Crippen molar-refractivity contribution in [3.05, 3.63) is 59.7 Å². The summed E-state index contributed by atoms with van der Waals surface area (Å²) in [4.78, 5) is 11.9. The van der Waals surface area contributed by atoms with Gasteiger partial charge in [-0.05, 0) is 36.4 Å². The van der Waals surface area contributed by atoms with Gasteiger partial charge in [0.1, 0.15) is 23.2 Å². The smallest absolute Gasteiger partial charge is 0.226 e. The number of fused-ring (bicyclic) bond motifs is 1. The molecule has 4 rings (SSSR count). The number of hydrogen-bond acceptors (Lipinski definition) is 3.